The van der Waals surface area contributed by atoms with Gasteiger partial charge < -0.3 is 9.64 Å². The Labute approximate surface area is 144 Å². The fourth-order valence-corrected chi connectivity index (χ4v) is 2.82. The zero-order valence-corrected chi connectivity index (χ0v) is 14.7. The van der Waals surface area contributed by atoms with E-state index in [9.17, 15) is 4.79 Å². The van der Waals surface area contributed by atoms with Gasteiger partial charge in [0.2, 0.25) is 0 Å². The lowest BCUT2D eigenvalue weighted by Gasteiger charge is -2.18. The van der Waals surface area contributed by atoms with Gasteiger partial charge in [-0.15, -0.1) is 0 Å². The summed E-state index contributed by atoms with van der Waals surface area (Å²) in [6, 6.07) is 9.71. The van der Waals surface area contributed by atoms with Gasteiger partial charge in [0.05, 0.1) is 7.11 Å². The van der Waals surface area contributed by atoms with E-state index in [1.165, 1.54) is 0 Å². The highest BCUT2D eigenvalue weighted by Gasteiger charge is 2.30. The maximum atomic E-state index is 12.6. The second kappa shape index (κ2) is 6.58. The van der Waals surface area contributed by atoms with Crippen LogP contribution in [0, 0.1) is 6.92 Å². The Bertz CT molecular complexity index is 736. The van der Waals surface area contributed by atoms with Crippen molar-refractivity contribution in [1.29, 1.82) is 0 Å². The van der Waals surface area contributed by atoms with Crippen molar-refractivity contribution in [3.05, 3.63) is 52.1 Å². The minimum atomic E-state index is -0.0120. The van der Waals surface area contributed by atoms with Gasteiger partial charge in [-0.25, -0.2) is 9.78 Å². The first-order valence-electron chi connectivity index (χ1n) is 7.40. The van der Waals surface area contributed by atoms with Crippen molar-refractivity contribution >= 4 is 27.8 Å². The molecule has 2 heterocycles. The number of rotatable bonds is 4. The lowest BCUT2D eigenvalue weighted by molar-refractivity contribution is 0.218. The van der Waals surface area contributed by atoms with E-state index in [-0.39, 0.29) is 6.03 Å². The molecule has 0 radical (unpaired) electrons. The van der Waals surface area contributed by atoms with E-state index in [1.807, 2.05) is 42.2 Å². The Hall–Kier alpha value is -2.08. The highest BCUT2D eigenvalue weighted by atomic mass is 79.9. The van der Waals surface area contributed by atoms with Crippen molar-refractivity contribution in [3.8, 4) is 5.75 Å². The van der Waals surface area contributed by atoms with Crippen molar-refractivity contribution < 1.29 is 9.53 Å². The van der Waals surface area contributed by atoms with Gasteiger partial charge in [0, 0.05) is 30.3 Å². The number of carbonyl (C=O) groups is 1. The molecule has 23 heavy (non-hydrogen) atoms. The Morgan fingerprint density at radius 1 is 1.30 bits per heavy atom. The highest BCUT2D eigenvalue weighted by molar-refractivity contribution is 9.10. The largest absolute Gasteiger partial charge is 0.497 e. The molecule has 1 aromatic carbocycles. The quantitative estimate of drug-likeness (QED) is 0.819. The number of nitrogens with zero attached hydrogens (tertiary/aromatic N) is 3. The van der Waals surface area contributed by atoms with Gasteiger partial charge in [0.1, 0.15) is 11.6 Å². The lowest BCUT2D eigenvalue weighted by atomic mass is 10.2. The van der Waals surface area contributed by atoms with E-state index in [4.69, 9.17) is 4.74 Å². The predicted octanol–water partition coefficient (Wildman–Crippen LogP) is 3.60. The van der Waals surface area contributed by atoms with Crippen LogP contribution in [0.4, 0.5) is 10.6 Å². The maximum Gasteiger partial charge on any atom is 0.326 e. The summed E-state index contributed by atoms with van der Waals surface area (Å²) < 4.78 is 6.18. The summed E-state index contributed by atoms with van der Waals surface area (Å²) in [4.78, 5) is 20.5. The molecule has 1 aromatic heterocycles. The number of urea groups is 1. The third-order valence-electron chi connectivity index (χ3n) is 3.91. The molecule has 0 aliphatic carbocycles. The van der Waals surface area contributed by atoms with Crippen LogP contribution in [-0.2, 0) is 6.54 Å². The van der Waals surface area contributed by atoms with Gasteiger partial charge in [0.25, 0.3) is 0 Å². The number of hydrogen-bond acceptors (Lipinski definition) is 3. The molecular formula is C17H18BrN3O2. The predicted molar refractivity (Wildman–Crippen MR) is 92.8 cm³/mol. The molecule has 3 rings (SSSR count). The number of anilines is 1. The number of aromatic nitrogens is 1. The first kappa shape index (κ1) is 15.8. The molecule has 0 saturated carbocycles. The zero-order valence-electron chi connectivity index (χ0n) is 13.1. The normalized spacial score (nSPS) is 14.5. The van der Waals surface area contributed by atoms with Gasteiger partial charge >= 0.3 is 6.03 Å². The standard InChI is InChI=1S/C17H18BrN3O2/c1-12-8-16(19-10-15(12)18)21-7-6-20(17(21)22)11-13-4-3-5-14(9-13)23-2/h3-5,8-10H,6-7,11H2,1-2H3. The summed E-state index contributed by atoms with van der Waals surface area (Å²) in [5, 5.41) is 0. The zero-order chi connectivity index (χ0) is 16.4. The van der Waals surface area contributed by atoms with Gasteiger partial charge in [-0.2, -0.15) is 0 Å². The van der Waals surface area contributed by atoms with Gasteiger partial charge in [0.15, 0.2) is 0 Å². The highest BCUT2D eigenvalue weighted by Crippen LogP contribution is 2.24. The minimum Gasteiger partial charge on any atom is -0.497 e. The number of pyridine rings is 1. The molecule has 1 aliphatic rings. The van der Waals surface area contributed by atoms with Crippen molar-refractivity contribution in [2.75, 3.05) is 25.1 Å². The molecule has 0 N–H and O–H groups in total. The maximum absolute atomic E-state index is 12.6. The number of methoxy groups -OCH3 is 1. The van der Waals surface area contributed by atoms with Crippen LogP contribution >= 0.6 is 15.9 Å². The van der Waals surface area contributed by atoms with Crippen molar-refractivity contribution in [3.63, 3.8) is 0 Å². The van der Waals surface area contributed by atoms with Crippen LogP contribution in [0.2, 0.25) is 0 Å². The number of ether oxygens (including phenoxy) is 1. The third-order valence-corrected chi connectivity index (χ3v) is 4.74. The van der Waals surface area contributed by atoms with Crippen molar-refractivity contribution in [2.45, 2.75) is 13.5 Å². The molecule has 0 spiro atoms. The van der Waals surface area contributed by atoms with Gasteiger partial charge in [-0.1, -0.05) is 12.1 Å². The summed E-state index contributed by atoms with van der Waals surface area (Å²) in [5.74, 6) is 1.50. The second-order valence-corrected chi connectivity index (χ2v) is 6.35. The fraction of sp³-hybridized carbons (Fsp3) is 0.294. The van der Waals surface area contributed by atoms with E-state index in [1.54, 1.807) is 18.2 Å². The first-order valence-corrected chi connectivity index (χ1v) is 8.19. The fourth-order valence-electron chi connectivity index (χ4n) is 2.61. The molecule has 0 unspecified atom stereocenters. The molecular weight excluding hydrogens is 358 g/mol. The van der Waals surface area contributed by atoms with E-state index >= 15 is 0 Å². The van der Waals surface area contributed by atoms with E-state index in [0.29, 0.717) is 25.5 Å². The second-order valence-electron chi connectivity index (χ2n) is 5.50. The van der Waals surface area contributed by atoms with Gasteiger partial charge in [-0.05, 0) is 52.2 Å². The van der Waals surface area contributed by atoms with Crippen LogP contribution in [-0.4, -0.2) is 36.1 Å². The molecule has 2 amide bonds. The summed E-state index contributed by atoms with van der Waals surface area (Å²) in [7, 11) is 1.64. The SMILES string of the molecule is COc1cccc(CN2CCN(c3cc(C)c(Br)cn3)C2=O)c1. The number of amides is 2. The molecule has 6 heteroatoms. The van der Waals surface area contributed by atoms with Crippen LogP contribution in [0.1, 0.15) is 11.1 Å². The summed E-state index contributed by atoms with van der Waals surface area (Å²) >= 11 is 3.43. The lowest BCUT2D eigenvalue weighted by Crippen LogP contribution is -2.32. The van der Waals surface area contributed by atoms with Crippen LogP contribution in [0.25, 0.3) is 0 Å². The molecule has 0 bridgehead atoms. The molecule has 0 atom stereocenters. The Morgan fingerprint density at radius 3 is 2.87 bits per heavy atom. The Balaban J connectivity index is 1.74. The summed E-state index contributed by atoms with van der Waals surface area (Å²) in [6.07, 6.45) is 1.74. The number of hydrogen-bond donors (Lipinski definition) is 0. The molecule has 1 saturated heterocycles. The van der Waals surface area contributed by atoms with E-state index in [0.717, 1.165) is 21.3 Å². The first-order chi connectivity index (χ1) is 11.1. The molecule has 120 valence electrons. The van der Waals surface area contributed by atoms with Crippen molar-refractivity contribution in [1.82, 2.24) is 9.88 Å². The molecule has 1 fully saturated rings. The molecule has 1 aliphatic heterocycles. The van der Waals surface area contributed by atoms with Crippen LogP contribution < -0.4 is 9.64 Å². The van der Waals surface area contributed by atoms with E-state index in [2.05, 4.69) is 20.9 Å². The Morgan fingerprint density at radius 2 is 2.13 bits per heavy atom. The van der Waals surface area contributed by atoms with Crippen LogP contribution in [0.15, 0.2) is 41.0 Å². The number of benzene rings is 1. The molecule has 2 aromatic rings. The number of aryl methyl sites for hydroxylation is 1. The smallest absolute Gasteiger partial charge is 0.326 e. The number of halogens is 1. The van der Waals surface area contributed by atoms with Gasteiger partial charge in [-0.3, -0.25) is 4.90 Å². The van der Waals surface area contributed by atoms with Crippen molar-refractivity contribution in [2.24, 2.45) is 0 Å². The monoisotopic (exact) mass is 375 g/mol. The van der Waals surface area contributed by atoms with E-state index < -0.39 is 0 Å². The van der Waals surface area contributed by atoms with Crippen LogP contribution in [0.3, 0.4) is 0 Å². The number of carbonyl (C=O) groups excluding carboxylic acids is 1. The minimum absolute atomic E-state index is 0.0120. The van der Waals surface area contributed by atoms with Crippen LogP contribution in [0.5, 0.6) is 5.75 Å². The molecule has 5 nitrogen and oxygen atoms in total. The Kier molecular flexibility index (Phi) is 4.52. The topological polar surface area (TPSA) is 45.7 Å². The summed E-state index contributed by atoms with van der Waals surface area (Å²) in [6.45, 7) is 3.90. The third kappa shape index (κ3) is 3.32. The average molecular weight is 376 g/mol. The summed E-state index contributed by atoms with van der Waals surface area (Å²) in [5.41, 5.74) is 2.12. The average Bonchev–Trinajstić information content (AvgIpc) is 2.91.